The molecule has 1 aliphatic rings. The van der Waals surface area contributed by atoms with Gasteiger partial charge in [0, 0.05) is 13.7 Å². The summed E-state index contributed by atoms with van der Waals surface area (Å²) in [5.41, 5.74) is 0. The van der Waals surface area contributed by atoms with Crippen molar-refractivity contribution in [2.24, 2.45) is 0 Å². The van der Waals surface area contributed by atoms with Crippen LogP contribution in [0.5, 0.6) is 0 Å². The van der Waals surface area contributed by atoms with Crippen molar-refractivity contribution < 1.29 is 14.3 Å². The maximum absolute atomic E-state index is 11.7. The van der Waals surface area contributed by atoms with E-state index in [-0.39, 0.29) is 12.0 Å². The fourth-order valence-electron chi connectivity index (χ4n) is 1.46. The summed E-state index contributed by atoms with van der Waals surface area (Å²) in [7, 11) is 1.59. The van der Waals surface area contributed by atoms with Gasteiger partial charge in [0.05, 0.1) is 0 Å². The maximum atomic E-state index is 11.7. The largest absolute Gasteiger partial charge is 0.377 e. The molecule has 6 nitrogen and oxygen atoms in total. The lowest BCUT2D eigenvalue weighted by molar-refractivity contribution is -0.124. The Morgan fingerprint density at radius 2 is 2.56 bits per heavy atom. The number of ether oxygens (including phenoxy) is 2. The molecule has 7 heteroatoms. The third-order valence-electron chi connectivity index (χ3n) is 2.19. The number of nitrogens with one attached hydrogen (secondary N) is 1. The summed E-state index contributed by atoms with van der Waals surface area (Å²) < 4.78 is 10.2. The Labute approximate surface area is 97.0 Å². The molecule has 1 saturated heterocycles. The molecule has 2 rings (SSSR count). The third-order valence-corrected chi connectivity index (χ3v) is 3.00. The zero-order valence-electron chi connectivity index (χ0n) is 8.93. The van der Waals surface area contributed by atoms with Crippen LogP contribution in [0.4, 0.5) is 5.13 Å². The van der Waals surface area contributed by atoms with E-state index >= 15 is 0 Å². The predicted octanol–water partition coefficient (Wildman–Crippen LogP) is 0.802. The fourth-order valence-corrected chi connectivity index (χ4v) is 2.17. The number of nitrogens with zero attached hydrogens (tertiary/aromatic N) is 2. The van der Waals surface area contributed by atoms with Crippen LogP contribution >= 0.6 is 11.3 Å². The van der Waals surface area contributed by atoms with Gasteiger partial charge < -0.3 is 9.47 Å². The molecule has 88 valence electrons. The molecule has 1 N–H and O–H groups in total. The van der Waals surface area contributed by atoms with Gasteiger partial charge in [0.15, 0.2) is 0 Å². The van der Waals surface area contributed by atoms with Crippen LogP contribution in [0.2, 0.25) is 0 Å². The van der Waals surface area contributed by atoms with Crippen molar-refractivity contribution in [2.75, 3.05) is 19.0 Å². The molecule has 0 spiro atoms. The van der Waals surface area contributed by atoms with Crippen LogP contribution in [0, 0.1) is 0 Å². The molecule has 1 unspecified atom stereocenters. The van der Waals surface area contributed by atoms with Crippen molar-refractivity contribution in [3.63, 3.8) is 0 Å². The Bertz CT molecular complexity index is 363. The summed E-state index contributed by atoms with van der Waals surface area (Å²) in [6.07, 6.45) is 1.37. The van der Waals surface area contributed by atoms with E-state index in [0.717, 1.165) is 17.8 Å². The standard InChI is InChI=1S/C9H13N3O3S/c1-14-5-7-11-12-9(16-7)10-8(13)6-3-2-4-15-6/h6H,2-5H2,1H3,(H,10,12,13). The average molecular weight is 243 g/mol. The van der Waals surface area contributed by atoms with E-state index in [4.69, 9.17) is 9.47 Å². The second kappa shape index (κ2) is 5.33. The van der Waals surface area contributed by atoms with Gasteiger partial charge in [-0.2, -0.15) is 0 Å². The first-order valence-electron chi connectivity index (χ1n) is 5.03. The second-order valence-corrected chi connectivity index (χ2v) is 4.49. The van der Waals surface area contributed by atoms with Crippen LogP contribution < -0.4 is 5.32 Å². The first-order chi connectivity index (χ1) is 7.79. The van der Waals surface area contributed by atoms with E-state index in [0.29, 0.717) is 18.3 Å². The molecule has 0 aliphatic carbocycles. The fraction of sp³-hybridized carbons (Fsp3) is 0.667. The minimum Gasteiger partial charge on any atom is -0.377 e. The molecule has 0 saturated carbocycles. The molecule has 1 fully saturated rings. The van der Waals surface area contributed by atoms with Crippen LogP contribution in [0.3, 0.4) is 0 Å². The number of aromatic nitrogens is 2. The van der Waals surface area contributed by atoms with E-state index in [1.807, 2.05) is 0 Å². The Hall–Kier alpha value is -1.05. The molecule has 1 aromatic rings. The normalized spacial score (nSPS) is 19.9. The number of amides is 1. The summed E-state index contributed by atoms with van der Waals surface area (Å²) >= 11 is 1.31. The first-order valence-corrected chi connectivity index (χ1v) is 5.85. The Balaban J connectivity index is 1.89. The van der Waals surface area contributed by atoms with Gasteiger partial charge in [-0.25, -0.2) is 0 Å². The van der Waals surface area contributed by atoms with Crippen molar-refractivity contribution in [1.82, 2.24) is 10.2 Å². The highest BCUT2D eigenvalue weighted by atomic mass is 32.1. The van der Waals surface area contributed by atoms with Gasteiger partial charge in [-0.3, -0.25) is 10.1 Å². The van der Waals surface area contributed by atoms with Crippen molar-refractivity contribution in [1.29, 1.82) is 0 Å². The van der Waals surface area contributed by atoms with Crippen molar-refractivity contribution in [2.45, 2.75) is 25.6 Å². The zero-order valence-corrected chi connectivity index (χ0v) is 9.75. The lowest BCUT2D eigenvalue weighted by Gasteiger charge is -2.06. The highest BCUT2D eigenvalue weighted by molar-refractivity contribution is 7.15. The van der Waals surface area contributed by atoms with Gasteiger partial charge in [0.1, 0.15) is 17.7 Å². The first kappa shape index (κ1) is 11.4. The maximum Gasteiger partial charge on any atom is 0.255 e. The van der Waals surface area contributed by atoms with E-state index in [2.05, 4.69) is 15.5 Å². The number of carbonyl (C=O) groups excluding carboxylic acids is 1. The smallest absolute Gasteiger partial charge is 0.255 e. The summed E-state index contributed by atoms with van der Waals surface area (Å²) in [5.74, 6) is -0.141. The highest BCUT2D eigenvalue weighted by Gasteiger charge is 2.24. The SMILES string of the molecule is COCc1nnc(NC(=O)C2CCCO2)s1. The molecule has 0 bridgehead atoms. The zero-order chi connectivity index (χ0) is 11.4. The minimum absolute atomic E-state index is 0.141. The molecule has 2 heterocycles. The van der Waals surface area contributed by atoms with Crippen LogP contribution in [0.15, 0.2) is 0 Å². The Morgan fingerprint density at radius 1 is 1.69 bits per heavy atom. The minimum atomic E-state index is -0.338. The average Bonchev–Trinajstić information content (AvgIpc) is 2.89. The van der Waals surface area contributed by atoms with Gasteiger partial charge in [-0.15, -0.1) is 10.2 Å². The van der Waals surface area contributed by atoms with E-state index < -0.39 is 0 Å². The van der Waals surface area contributed by atoms with Crippen molar-refractivity contribution in [3.05, 3.63) is 5.01 Å². The van der Waals surface area contributed by atoms with Crippen LogP contribution in [-0.4, -0.2) is 35.9 Å². The lowest BCUT2D eigenvalue weighted by atomic mass is 10.2. The van der Waals surface area contributed by atoms with E-state index in [1.54, 1.807) is 7.11 Å². The predicted molar refractivity (Wildman–Crippen MR) is 58.2 cm³/mol. The summed E-state index contributed by atoms with van der Waals surface area (Å²) in [4.78, 5) is 11.7. The topological polar surface area (TPSA) is 73.3 Å². The van der Waals surface area contributed by atoms with Gasteiger partial charge >= 0.3 is 0 Å². The van der Waals surface area contributed by atoms with Gasteiger partial charge in [0.25, 0.3) is 5.91 Å². The molecular weight excluding hydrogens is 230 g/mol. The van der Waals surface area contributed by atoms with Gasteiger partial charge in [-0.1, -0.05) is 11.3 Å². The number of methoxy groups -OCH3 is 1. The molecular formula is C9H13N3O3S. The van der Waals surface area contributed by atoms with Gasteiger partial charge in [-0.05, 0) is 12.8 Å². The molecule has 1 amide bonds. The highest BCUT2D eigenvalue weighted by Crippen LogP contribution is 2.18. The Morgan fingerprint density at radius 3 is 3.25 bits per heavy atom. The van der Waals surface area contributed by atoms with Crippen molar-refractivity contribution in [3.8, 4) is 0 Å². The van der Waals surface area contributed by atoms with Crippen LogP contribution in [-0.2, 0) is 20.9 Å². The molecule has 16 heavy (non-hydrogen) atoms. The quantitative estimate of drug-likeness (QED) is 0.846. The lowest BCUT2D eigenvalue weighted by Crippen LogP contribution is -2.26. The van der Waals surface area contributed by atoms with Gasteiger partial charge in [0.2, 0.25) is 5.13 Å². The molecule has 1 aliphatic heterocycles. The molecule has 0 aromatic carbocycles. The van der Waals surface area contributed by atoms with Crippen LogP contribution in [0.25, 0.3) is 0 Å². The third kappa shape index (κ3) is 2.75. The van der Waals surface area contributed by atoms with E-state index in [1.165, 1.54) is 11.3 Å². The van der Waals surface area contributed by atoms with Crippen molar-refractivity contribution >= 4 is 22.4 Å². The summed E-state index contributed by atoms with van der Waals surface area (Å²) in [6, 6.07) is 0. The summed E-state index contributed by atoms with van der Waals surface area (Å²) in [5, 5.41) is 11.6. The Kier molecular flexibility index (Phi) is 3.81. The number of anilines is 1. The van der Waals surface area contributed by atoms with E-state index in [9.17, 15) is 4.79 Å². The second-order valence-electron chi connectivity index (χ2n) is 3.42. The summed E-state index contributed by atoms with van der Waals surface area (Å²) in [6.45, 7) is 1.07. The molecule has 1 atom stereocenters. The molecule has 0 radical (unpaired) electrons. The van der Waals surface area contributed by atoms with Crippen LogP contribution in [0.1, 0.15) is 17.8 Å². The number of hydrogen-bond donors (Lipinski definition) is 1. The monoisotopic (exact) mass is 243 g/mol. The molecule has 1 aromatic heterocycles. The number of hydrogen-bond acceptors (Lipinski definition) is 6. The number of carbonyl (C=O) groups is 1. The number of rotatable bonds is 4.